The first-order chi connectivity index (χ1) is 15.6. The molecule has 1 unspecified atom stereocenters. The van der Waals surface area contributed by atoms with Gasteiger partial charge in [0.25, 0.3) is 0 Å². The Labute approximate surface area is 203 Å². The zero-order valence-electron chi connectivity index (χ0n) is 21.2. The number of hydrogen-bond acceptors (Lipinski definition) is 6. The average Bonchev–Trinajstić information content (AvgIpc) is 3.17. The Morgan fingerprint density at radius 3 is 2.52 bits per heavy atom. The van der Waals surface area contributed by atoms with E-state index in [1.165, 1.54) is 11.6 Å². The molecule has 0 radical (unpaired) electrons. The minimum Gasteiger partial charge on any atom is -0.454 e. The third kappa shape index (κ3) is 13.8. The largest absolute Gasteiger partial charge is 0.454 e. The second kappa shape index (κ2) is 15.5. The van der Waals surface area contributed by atoms with E-state index < -0.39 is 18.2 Å². The topological polar surface area (TPSA) is 62.7 Å². The summed E-state index contributed by atoms with van der Waals surface area (Å²) in [6.07, 6.45) is 14.4. The Hall–Kier alpha value is -2.28. The Morgan fingerprint density at radius 2 is 1.91 bits per heavy atom. The van der Waals surface area contributed by atoms with E-state index in [4.69, 9.17) is 4.74 Å². The van der Waals surface area contributed by atoms with Gasteiger partial charge in [-0.05, 0) is 60.7 Å². The van der Waals surface area contributed by atoms with Gasteiger partial charge in [0.2, 0.25) is 0 Å². The number of aliphatic hydroxyl groups excluding tert-OH is 1. The fourth-order valence-electron chi connectivity index (χ4n) is 2.93. The summed E-state index contributed by atoms with van der Waals surface area (Å²) >= 11 is 1.60. The Morgan fingerprint density at radius 1 is 1.21 bits per heavy atom. The maximum absolute atomic E-state index is 12.4. The van der Waals surface area contributed by atoms with Crippen molar-refractivity contribution in [2.24, 2.45) is 0 Å². The SMILES string of the molecule is CCc1csc(CC(/C=C(C)/C=C/C(C)=C/CN(C)C)OC(=O)/C=C\C=C(/C)C[C@H](C)O)n1. The molecule has 0 spiro atoms. The number of likely N-dealkylation sites (N-methyl/N-ethyl adjacent to an activating group) is 1. The van der Waals surface area contributed by atoms with Crippen LogP contribution < -0.4 is 0 Å². The van der Waals surface area contributed by atoms with Crippen molar-refractivity contribution in [2.75, 3.05) is 20.6 Å². The molecule has 1 heterocycles. The number of hydrogen-bond donors (Lipinski definition) is 1. The molecule has 0 aliphatic rings. The van der Waals surface area contributed by atoms with Crippen LogP contribution in [0.25, 0.3) is 0 Å². The summed E-state index contributed by atoms with van der Waals surface area (Å²) in [6.45, 7) is 10.7. The number of carbonyl (C=O) groups excluding carboxylic acids is 1. The molecule has 1 rings (SSSR count). The highest BCUT2D eigenvalue weighted by Gasteiger charge is 2.14. The van der Waals surface area contributed by atoms with E-state index in [0.717, 1.165) is 34.8 Å². The normalized spacial score (nSPS) is 15.6. The third-order valence-corrected chi connectivity index (χ3v) is 5.59. The first-order valence-electron chi connectivity index (χ1n) is 11.4. The van der Waals surface area contributed by atoms with E-state index in [2.05, 4.69) is 41.3 Å². The van der Waals surface area contributed by atoms with Crippen molar-refractivity contribution in [3.63, 3.8) is 0 Å². The predicted octanol–water partition coefficient (Wildman–Crippen LogP) is 5.44. The number of rotatable bonds is 13. The van der Waals surface area contributed by atoms with Crippen LogP contribution in [-0.4, -0.2) is 53.8 Å². The summed E-state index contributed by atoms with van der Waals surface area (Å²) < 4.78 is 5.75. The number of thiazole rings is 1. The van der Waals surface area contributed by atoms with Crippen molar-refractivity contribution in [1.29, 1.82) is 0 Å². The zero-order chi connectivity index (χ0) is 24.8. The molecule has 0 aromatic carbocycles. The fourth-order valence-corrected chi connectivity index (χ4v) is 3.85. The maximum atomic E-state index is 12.4. The molecule has 33 heavy (non-hydrogen) atoms. The Balaban J connectivity index is 2.93. The van der Waals surface area contributed by atoms with E-state index in [-0.39, 0.29) is 0 Å². The van der Waals surface area contributed by atoms with Crippen LogP contribution in [0.3, 0.4) is 0 Å². The van der Waals surface area contributed by atoms with Gasteiger partial charge < -0.3 is 14.7 Å². The highest BCUT2D eigenvalue weighted by Crippen LogP contribution is 2.16. The lowest BCUT2D eigenvalue weighted by Crippen LogP contribution is -2.17. The summed E-state index contributed by atoms with van der Waals surface area (Å²) in [6, 6.07) is 0. The molecule has 1 aromatic rings. The molecule has 0 saturated heterocycles. The van der Waals surface area contributed by atoms with Crippen LogP contribution in [0, 0.1) is 0 Å². The quantitative estimate of drug-likeness (QED) is 0.235. The fraction of sp³-hybridized carbons (Fsp3) is 0.481. The van der Waals surface area contributed by atoms with Crippen molar-refractivity contribution in [3.05, 3.63) is 75.3 Å². The van der Waals surface area contributed by atoms with Gasteiger partial charge in [0.05, 0.1) is 16.8 Å². The number of allylic oxidation sites excluding steroid dienone is 6. The van der Waals surface area contributed by atoms with E-state index in [0.29, 0.717) is 12.8 Å². The predicted molar refractivity (Wildman–Crippen MR) is 139 cm³/mol. The van der Waals surface area contributed by atoms with Crippen molar-refractivity contribution in [2.45, 2.75) is 66.1 Å². The molecular weight excluding hydrogens is 432 g/mol. The van der Waals surface area contributed by atoms with Crippen LogP contribution in [-0.2, 0) is 22.4 Å². The second-order valence-corrected chi connectivity index (χ2v) is 9.59. The van der Waals surface area contributed by atoms with E-state index >= 15 is 0 Å². The minimum atomic E-state index is -0.406. The number of aryl methyl sites for hydroxylation is 1. The van der Waals surface area contributed by atoms with Gasteiger partial charge in [-0.1, -0.05) is 54.0 Å². The highest BCUT2D eigenvalue weighted by atomic mass is 32.1. The zero-order valence-corrected chi connectivity index (χ0v) is 22.0. The molecule has 6 heteroatoms. The van der Waals surface area contributed by atoms with E-state index in [9.17, 15) is 9.90 Å². The first-order valence-corrected chi connectivity index (χ1v) is 12.3. The van der Waals surface area contributed by atoms with Crippen LogP contribution in [0.1, 0.15) is 51.7 Å². The van der Waals surface area contributed by atoms with Gasteiger partial charge >= 0.3 is 5.97 Å². The number of carbonyl (C=O) groups is 1. The van der Waals surface area contributed by atoms with Gasteiger partial charge in [-0.25, -0.2) is 9.78 Å². The minimum absolute atomic E-state index is 0.400. The molecule has 182 valence electrons. The number of aliphatic hydroxyl groups is 1. The van der Waals surface area contributed by atoms with Crippen LogP contribution >= 0.6 is 11.3 Å². The molecule has 0 amide bonds. The molecule has 0 saturated carbocycles. The highest BCUT2D eigenvalue weighted by molar-refractivity contribution is 7.09. The van der Waals surface area contributed by atoms with Crippen LogP contribution in [0.15, 0.2) is 64.6 Å². The van der Waals surface area contributed by atoms with Gasteiger partial charge in [-0.2, -0.15) is 0 Å². The van der Waals surface area contributed by atoms with Crippen molar-refractivity contribution in [1.82, 2.24) is 9.88 Å². The van der Waals surface area contributed by atoms with Crippen molar-refractivity contribution >= 4 is 17.3 Å². The number of nitrogens with zero attached hydrogens (tertiary/aromatic N) is 2. The molecule has 0 aliphatic carbocycles. The first kappa shape index (κ1) is 28.8. The number of ether oxygens (including phenoxy) is 1. The summed E-state index contributed by atoms with van der Waals surface area (Å²) in [4.78, 5) is 19.2. The standard InChI is InChI=1S/C27H40N2O3S/c1-8-24-19-33-26(28-24)18-25(17-22(4)13-12-20(2)14-15-29(6)7)32-27(31)11-9-10-21(3)16-23(5)30/h9-14,17,19,23,25,30H,8,15-16,18H2,1-7H3/b11-9-,13-12+,20-14+,21-10+,22-17+/t23-,25?/m0/s1. The van der Waals surface area contributed by atoms with Gasteiger partial charge in [0.15, 0.2) is 0 Å². The van der Waals surface area contributed by atoms with E-state index in [1.807, 2.05) is 46.2 Å². The third-order valence-electron chi connectivity index (χ3n) is 4.67. The molecule has 0 aliphatic heterocycles. The lowest BCUT2D eigenvalue weighted by molar-refractivity contribution is -0.140. The molecular formula is C27H40N2O3S. The smallest absolute Gasteiger partial charge is 0.331 e. The number of esters is 1. The lowest BCUT2D eigenvalue weighted by atomic mass is 10.1. The van der Waals surface area contributed by atoms with E-state index in [1.54, 1.807) is 24.3 Å². The molecule has 1 N–H and O–H groups in total. The van der Waals surface area contributed by atoms with Gasteiger partial charge in [0.1, 0.15) is 6.10 Å². The van der Waals surface area contributed by atoms with Crippen LogP contribution in [0.4, 0.5) is 0 Å². The Kier molecular flexibility index (Phi) is 13.5. The van der Waals surface area contributed by atoms with Crippen molar-refractivity contribution in [3.8, 4) is 0 Å². The maximum Gasteiger partial charge on any atom is 0.331 e. The molecule has 0 fully saturated rings. The molecule has 0 bridgehead atoms. The summed E-state index contributed by atoms with van der Waals surface area (Å²) in [7, 11) is 4.08. The lowest BCUT2D eigenvalue weighted by Gasteiger charge is -2.13. The summed E-state index contributed by atoms with van der Waals surface area (Å²) in [5, 5.41) is 12.5. The van der Waals surface area contributed by atoms with Crippen molar-refractivity contribution < 1.29 is 14.6 Å². The monoisotopic (exact) mass is 472 g/mol. The van der Waals surface area contributed by atoms with Gasteiger partial charge in [-0.3, -0.25) is 0 Å². The Bertz CT molecular complexity index is 889. The van der Waals surface area contributed by atoms with Crippen LogP contribution in [0.2, 0.25) is 0 Å². The molecule has 2 atom stereocenters. The average molecular weight is 473 g/mol. The van der Waals surface area contributed by atoms with Gasteiger partial charge in [-0.15, -0.1) is 11.3 Å². The molecule has 1 aromatic heterocycles. The van der Waals surface area contributed by atoms with Crippen LogP contribution in [0.5, 0.6) is 0 Å². The summed E-state index contributed by atoms with van der Waals surface area (Å²) in [5.41, 5.74) is 4.26. The number of aromatic nitrogens is 1. The summed E-state index contributed by atoms with van der Waals surface area (Å²) in [5.74, 6) is -0.400. The molecule has 5 nitrogen and oxygen atoms in total. The second-order valence-electron chi connectivity index (χ2n) is 8.65. The van der Waals surface area contributed by atoms with Gasteiger partial charge in [0, 0.05) is 24.4 Å².